The summed E-state index contributed by atoms with van der Waals surface area (Å²) in [5, 5.41) is 12.0. The summed E-state index contributed by atoms with van der Waals surface area (Å²) in [6, 6.07) is 8.46. The molecular formula is C15H24N4O. The fourth-order valence-corrected chi connectivity index (χ4v) is 2.64. The van der Waals surface area contributed by atoms with Crippen LogP contribution in [0.4, 0.5) is 0 Å². The smallest absolute Gasteiger partial charge is 0.170 e. The van der Waals surface area contributed by atoms with E-state index in [0.717, 1.165) is 43.9 Å². The highest BCUT2D eigenvalue weighted by molar-refractivity contribution is 5.98. The number of hydrogen-bond donors (Lipinski definition) is 2. The highest BCUT2D eigenvalue weighted by atomic mass is 16.4. The minimum atomic E-state index is 0.182. The topological polar surface area (TPSA) is 65.1 Å². The van der Waals surface area contributed by atoms with E-state index in [1.807, 2.05) is 24.3 Å². The summed E-state index contributed by atoms with van der Waals surface area (Å²) in [4.78, 5) is 4.91. The molecule has 0 unspecified atom stereocenters. The maximum absolute atomic E-state index is 8.86. The van der Waals surface area contributed by atoms with E-state index >= 15 is 0 Å². The predicted octanol–water partition coefficient (Wildman–Crippen LogP) is 1.31. The van der Waals surface area contributed by atoms with E-state index in [1.54, 1.807) is 0 Å². The summed E-state index contributed by atoms with van der Waals surface area (Å²) in [6.07, 6.45) is 0. The highest BCUT2D eigenvalue weighted by Crippen LogP contribution is 2.14. The lowest BCUT2D eigenvalue weighted by molar-refractivity contribution is 0.104. The van der Waals surface area contributed by atoms with Crippen molar-refractivity contribution in [3.8, 4) is 0 Å². The molecule has 2 rings (SSSR count). The fourth-order valence-electron chi connectivity index (χ4n) is 2.64. The van der Waals surface area contributed by atoms with Gasteiger partial charge in [0.15, 0.2) is 5.84 Å². The molecule has 20 heavy (non-hydrogen) atoms. The van der Waals surface area contributed by atoms with Gasteiger partial charge in [-0.3, -0.25) is 9.80 Å². The van der Waals surface area contributed by atoms with Crippen molar-refractivity contribution in [2.24, 2.45) is 10.9 Å². The summed E-state index contributed by atoms with van der Waals surface area (Å²) in [6.45, 7) is 9.64. The number of hydrogen-bond acceptors (Lipinski definition) is 4. The zero-order valence-corrected chi connectivity index (χ0v) is 12.3. The van der Waals surface area contributed by atoms with E-state index < -0.39 is 0 Å². The average molecular weight is 276 g/mol. The van der Waals surface area contributed by atoms with Crippen molar-refractivity contribution in [1.29, 1.82) is 0 Å². The van der Waals surface area contributed by atoms with Crippen LogP contribution in [0.25, 0.3) is 0 Å². The van der Waals surface area contributed by atoms with Crippen LogP contribution in [0.1, 0.15) is 25.0 Å². The van der Waals surface area contributed by atoms with Crippen molar-refractivity contribution in [3.05, 3.63) is 35.4 Å². The Morgan fingerprint density at radius 3 is 2.50 bits per heavy atom. The fraction of sp³-hybridized carbons (Fsp3) is 0.533. The molecule has 1 fully saturated rings. The Kier molecular flexibility index (Phi) is 4.98. The zero-order valence-electron chi connectivity index (χ0n) is 12.3. The largest absolute Gasteiger partial charge is 0.409 e. The second-order valence-electron chi connectivity index (χ2n) is 5.55. The molecule has 0 saturated carbocycles. The van der Waals surface area contributed by atoms with Crippen molar-refractivity contribution in [2.45, 2.75) is 26.4 Å². The Hall–Kier alpha value is -1.59. The number of amidine groups is 1. The first kappa shape index (κ1) is 14.8. The molecule has 0 aliphatic carbocycles. The van der Waals surface area contributed by atoms with Crippen LogP contribution in [0.15, 0.2) is 29.4 Å². The highest BCUT2D eigenvalue weighted by Gasteiger charge is 2.19. The number of nitrogens with zero attached hydrogens (tertiary/aromatic N) is 3. The molecule has 1 saturated heterocycles. The van der Waals surface area contributed by atoms with E-state index in [2.05, 4.69) is 28.8 Å². The molecule has 0 atom stereocenters. The summed E-state index contributed by atoms with van der Waals surface area (Å²) in [7, 11) is 0. The van der Waals surface area contributed by atoms with Gasteiger partial charge in [0.05, 0.1) is 0 Å². The van der Waals surface area contributed by atoms with E-state index in [-0.39, 0.29) is 5.84 Å². The second kappa shape index (κ2) is 6.72. The van der Waals surface area contributed by atoms with Crippen LogP contribution in [-0.2, 0) is 6.54 Å². The first-order valence-electron chi connectivity index (χ1n) is 7.14. The van der Waals surface area contributed by atoms with Gasteiger partial charge in [-0.15, -0.1) is 0 Å². The Morgan fingerprint density at radius 1 is 1.25 bits per heavy atom. The SMILES string of the molecule is CC(C)N1CCN(Cc2ccccc2/C(N)=N/O)CC1. The maximum atomic E-state index is 8.86. The number of nitrogens with two attached hydrogens (primary N) is 1. The summed E-state index contributed by atoms with van der Waals surface area (Å²) >= 11 is 0. The van der Waals surface area contributed by atoms with Crippen LogP contribution in [0.2, 0.25) is 0 Å². The van der Waals surface area contributed by atoms with Gasteiger partial charge in [-0.1, -0.05) is 29.4 Å². The monoisotopic (exact) mass is 276 g/mol. The van der Waals surface area contributed by atoms with Crippen LogP contribution < -0.4 is 5.73 Å². The normalized spacial score (nSPS) is 18.6. The van der Waals surface area contributed by atoms with Crippen molar-refractivity contribution >= 4 is 5.84 Å². The van der Waals surface area contributed by atoms with Gasteiger partial charge >= 0.3 is 0 Å². The van der Waals surface area contributed by atoms with E-state index in [0.29, 0.717) is 6.04 Å². The van der Waals surface area contributed by atoms with Crippen molar-refractivity contribution in [2.75, 3.05) is 26.2 Å². The molecule has 1 aliphatic rings. The molecule has 0 radical (unpaired) electrons. The molecule has 0 aromatic heterocycles. The molecule has 0 bridgehead atoms. The van der Waals surface area contributed by atoms with Gasteiger partial charge in [0.2, 0.25) is 0 Å². The van der Waals surface area contributed by atoms with Crippen molar-refractivity contribution < 1.29 is 5.21 Å². The van der Waals surface area contributed by atoms with Gasteiger partial charge in [0.25, 0.3) is 0 Å². The molecular weight excluding hydrogens is 252 g/mol. The van der Waals surface area contributed by atoms with Gasteiger partial charge in [-0.25, -0.2) is 0 Å². The molecule has 110 valence electrons. The van der Waals surface area contributed by atoms with Gasteiger partial charge in [-0.2, -0.15) is 0 Å². The predicted molar refractivity (Wildman–Crippen MR) is 80.9 cm³/mol. The van der Waals surface area contributed by atoms with Gasteiger partial charge in [0, 0.05) is 44.3 Å². The Balaban J connectivity index is 2.01. The standard InChI is InChI=1S/C15H24N4O/c1-12(2)19-9-7-18(8-10-19)11-13-5-3-4-6-14(13)15(16)17-20/h3-6,12,20H,7-11H2,1-2H3,(H2,16,17). The Labute approximate surface area is 120 Å². The zero-order chi connectivity index (χ0) is 14.5. The Morgan fingerprint density at radius 2 is 1.90 bits per heavy atom. The maximum Gasteiger partial charge on any atom is 0.170 e. The molecule has 5 nitrogen and oxygen atoms in total. The minimum absolute atomic E-state index is 0.182. The number of benzene rings is 1. The van der Waals surface area contributed by atoms with Gasteiger partial charge in [0.1, 0.15) is 0 Å². The Bertz CT molecular complexity index is 465. The number of piperazine rings is 1. The quantitative estimate of drug-likeness (QED) is 0.377. The van der Waals surface area contributed by atoms with Crippen LogP contribution in [-0.4, -0.2) is 53.1 Å². The lowest BCUT2D eigenvalue weighted by Gasteiger charge is -2.37. The van der Waals surface area contributed by atoms with E-state index in [4.69, 9.17) is 10.9 Å². The third-order valence-electron chi connectivity index (χ3n) is 3.93. The minimum Gasteiger partial charge on any atom is -0.409 e. The van der Waals surface area contributed by atoms with E-state index in [9.17, 15) is 0 Å². The second-order valence-corrected chi connectivity index (χ2v) is 5.55. The lowest BCUT2D eigenvalue weighted by atomic mass is 10.1. The molecule has 0 spiro atoms. The van der Waals surface area contributed by atoms with Crippen LogP contribution in [0.5, 0.6) is 0 Å². The average Bonchev–Trinajstić information content (AvgIpc) is 2.47. The van der Waals surface area contributed by atoms with Crippen molar-refractivity contribution in [3.63, 3.8) is 0 Å². The van der Waals surface area contributed by atoms with Gasteiger partial charge in [-0.05, 0) is 19.4 Å². The third-order valence-corrected chi connectivity index (χ3v) is 3.93. The molecule has 5 heteroatoms. The first-order valence-corrected chi connectivity index (χ1v) is 7.14. The molecule has 1 heterocycles. The van der Waals surface area contributed by atoms with Crippen LogP contribution in [0.3, 0.4) is 0 Å². The lowest BCUT2D eigenvalue weighted by Crippen LogP contribution is -2.48. The molecule has 1 aromatic carbocycles. The molecule has 3 N–H and O–H groups in total. The van der Waals surface area contributed by atoms with Crippen LogP contribution >= 0.6 is 0 Å². The van der Waals surface area contributed by atoms with E-state index in [1.165, 1.54) is 0 Å². The molecule has 0 amide bonds. The summed E-state index contributed by atoms with van der Waals surface area (Å²) in [5.41, 5.74) is 7.67. The molecule has 1 aromatic rings. The molecule has 1 aliphatic heterocycles. The summed E-state index contributed by atoms with van der Waals surface area (Å²) < 4.78 is 0. The number of rotatable bonds is 4. The van der Waals surface area contributed by atoms with Gasteiger partial charge < -0.3 is 10.9 Å². The van der Waals surface area contributed by atoms with Crippen molar-refractivity contribution in [1.82, 2.24) is 9.80 Å². The van der Waals surface area contributed by atoms with Crippen LogP contribution in [0, 0.1) is 0 Å². The third kappa shape index (κ3) is 3.49. The number of oxime groups is 1. The summed E-state index contributed by atoms with van der Waals surface area (Å²) in [5.74, 6) is 0.182. The first-order chi connectivity index (χ1) is 9.61.